The van der Waals surface area contributed by atoms with Gasteiger partial charge in [-0.05, 0) is 47.6 Å². The maximum atomic E-state index is 11.6. The van der Waals surface area contributed by atoms with Crippen LogP contribution in [0, 0.1) is 6.92 Å². The van der Waals surface area contributed by atoms with Crippen molar-refractivity contribution in [3.63, 3.8) is 0 Å². The molecule has 0 aliphatic heterocycles. The van der Waals surface area contributed by atoms with E-state index in [1.807, 2.05) is 0 Å². The van der Waals surface area contributed by atoms with Gasteiger partial charge in [-0.2, -0.15) is 0 Å². The molecule has 16 heavy (non-hydrogen) atoms. The number of benzene rings is 1. The third kappa shape index (κ3) is 2.42. The van der Waals surface area contributed by atoms with E-state index in [1.165, 1.54) is 13.1 Å². The first-order valence-corrected chi connectivity index (χ1v) is 6.54. The Hall–Kier alpha value is -0.920. The van der Waals surface area contributed by atoms with E-state index in [0.717, 1.165) is 6.07 Å². The third-order valence-corrected chi connectivity index (χ3v) is 4.78. The van der Waals surface area contributed by atoms with E-state index in [0.29, 0.717) is 10.0 Å². The summed E-state index contributed by atoms with van der Waals surface area (Å²) in [5.41, 5.74) is 0.489. The molecule has 1 aromatic carbocycles. The van der Waals surface area contributed by atoms with Crippen LogP contribution in [0.25, 0.3) is 0 Å². The second kappa shape index (κ2) is 4.52. The Labute approximate surface area is 102 Å². The quantitative estimate of drug-likeness (QED) is 0.883. The Balaban J connectivity index is 3.57. The number of halogens is 1. The maximum Gasteiger partial charge on any atom is 0.335 e. The van der Waals surface area contributed by atoms with Crippen LogP contribution in [0.15, 0.2) is 21.5 Å². The average molecular weight is 308 g/mol. The SMILES string of the molecule is CNS(=O)(=O)c1cc(C(=O)O)cc(C)c1Br. The minimum atomic E-state index is -3.67. The van der Waals surface area contributed by atoms with Crippen molar-refractivity contribution in [2.75, 3.05) is 7.05 Å². The van der Waals surface area contributed by atoms with E-state index < -0.39 is 16.0 Å². The van der Waals surface area contributed by atoms with Crippen molar-refractivity contribution in [2.45, 2.75) is 11.8 Å². The van der Waals surface area contributed by atoms with Crippen LogP contribution in [0.1, 0.15) is 15.9 Å². The van der Waals surface area contributed by atoms with Gasteiger partial charge in [-0.25, -0.2) is 17.9 Å². The van der Waals surface area contributed by atoms with Crippen molar-refractivity contribution in [3.8, 4) is 0 Å². The summed E-state index contributed by atoms with van der Waals surface area (Å²) in [6.45, 7) is 1.63. The van der Waals surface area contributed by atoms with Crippen molar-refractivity contribution in [1.29, 1.82) is 0 Å². The number of aromatic carboxylic acids is 1. The van der Waals surface area contributed by atoms with Crippen LogP contribution in [0.5, 0.6) is 0 Å². The van der Waals surface area contributed by atoms with Gasteiger partial charge in [0.2, 0.25) is 10.0 Å². The van der Waals surface area contributed by atoms with Crippen molar-refractivity contribution in [2.24, 2.45) is 0 Å². The molecule has 0 unspecified atom stereocenters. The number of rotatable bonds is 3. The molecule has 0 amide bonds. The first-order valence-electron chi connectivity index (χ1n) is 4.26. The van der Waals surface area contributed by atoms with E-state index in [4.69, 9.17) is 5.11 Å². The monoisotopic (exact) mass is 307 g/mol. The van der Waals surface area contributed by atoms with Gasteiger partial charge in [-0.3, -0.25) is 0 Å². The molecule has 1 rings (SSSR count). The van der Waals surface area contributed by atoms with E-state index in [-0.39, 0.29) is 10.5 Å². The smallest absolute Gasteiger partial charge is 0.335 e. The molecule has 0 aliphatic carbocycles. The molecule has 0 atom stereocenters. The number of nitrogens with one attached hydrogen (secondary N) is 1. The van der Waals surface area contributed by atoms with E-state index >= 15 is 0 Å². The molecule has 88 valence electrons. The molecule has 0 heterocycles. The zero-order valence-corrected chi connectivity index (χ0v) is 11.0. The highest BCUT2D eigenvalue weighted by Gasteiger charge is 2.19. The van der Waals surface area contributed by atoms with Crippen LogP contribution in [0.3, 0.4) is 0 Å². The van der Waals surface area contributed by atoms with Gasteiger partial charge in [0, 0.05) is 4.47 Å². The Kier molecular flexibility index (Phi) is 3.72. The number of aryl methyl sites for hydroxylation is 1. The van der Waals surface area contributed by atoms with Crippen LogP contribution in [-0.4, -0.2) is 26.5 Å². The largest absolute Gasteiger partial charge is 0.478 e. The molecule has 0 bridgehead atoms. The lowest BCUT2D eigenvalue weighted by atomic mass is 10.1. The Morgan fingerprint density at radius 3 is 2.44 bits per heavy atom. The summed E-state index contributed by atoms with van der Waals surface area (Å²) in [6.07, 6.45) is 0. The standard InChI is InChI=1S/C9H10BrNO4S/c1-5-3-6(9(12)13)4-7(8(5)10)16(14,15)11-2/h3-4,11H,1-2H3,(H,12,13). The molecule has 0 spiro atoms. The number of carboxylic acid groups (broad SMARTS) is 1. The summed E-state index contributed by atoms with van der Waals surface area (Å²) in [7, 11) is -2.40. The summed E-state index contributed by atoms with van der Waals surface area (Å²) in [4.78, 5) is 10.7. The number of hydrogen-bond donors (Lipinski definition) is 2. The molecule has 5 nitrogen and oxygen atoms in total. The second-order valence-corrected chi connectivity index (χ2v) is 5.77. The van der Waals surface area contributed by atoms with E-state index in [2.05, 4.69) is 20.7 Å². The zero-order chi connectivity index (χ0) is 12.5. The van der Waals surface area contributed by atoms with Crippen molar-refractivity contribution < 1.29 is 18.3 Å². The van der Waals surface area contributed by atoms with E-state index in [9.17, 15) is 13.2 Å². The molecule has 0 saturated carbocycles. The zero-order valence-electron chi connectivity index (χ0n) is 8.61. The maximum absolute atomic E-state index is 11.6. The van der Waals surface area contributed by atoms with Crippen LogP contribution >= 0.6 is 15.9 Å². The summed E-state index contributed by atoms with van der Waals surface area (Å²) < 4.78 is 25.7. The van der Waals surface area contributed by atoms with Gasteiger partial charge >= 0.3 is 5.97 Å². The molecular weight excluding hydrogens is 298 g/mol. The Morgan fingerprint density at radius 1 is 1.44 bits per heavy atom. The number of carboxylic acids is 1. The fourth-order valence-electron chi connectivity index (χ4n) is 1.17. The summed E-state index contributed by atoms with van der Waals surface area (Å²) in [5, 5.41) is 8.83. The Morgan fingerprint density at radius 2 is 2.00 bits per heavy atom. The van der Waals surface area contributed by atoms with Gasteiger partial charge in [0.05, 0.1) is 10.5 Å². The Bertz CT molecular complexity index is 539. The summed E-state index contributed by atoms with van der Waals surface area (Å²) in [6, 6.07) is 2.52. The highest BCUT2D eigenvalue weighted by Crippen LogP contribution is 2.27. The molecule has 0 aromatic heterocycles. The lowest BCUT2D eigenvalue weighted by Crippen LogP contribution is -2.20. The fraction of sp³-hybridized carbons (Fsp3) is 0.222. The van der Waals surface area contributed by atoms with Crippen LogP contribution in [0.2, 0.25) is 0 Å². The molecule has 0 radical (unpaired) electrons. The van der Waals surface area contributed by atoms with Crippen LogP contribution < -0.4 is 4.72 Å². The van der Waals surface area contributed by atoms with Crippen LogP contribution in [0.4, 0.5) is 0 Å². The third-order valence-electron chi connectivity index (χ3n) is 2.03. The summed E-state index contributed by atoms with van der Waals surface area (Å²) >= 11 is 3.13. The highest BCUT2D eigenvalue weighted by atomic mass is 79.9. The van der Waals surface area contributed by atoms with Crippen molar-refractivity contribution in [3.05, 3.63) is 27.7 Å². The predicted octanol–water partition coefficient (Wildman–Crippen LogP) is 1.36. The molecule has 0 saturated heterocycles. The van der Waals surface area contributed by atoms with Crippen molar-refractivity contribution in [1.82, 2.24) is 4.72 Å². The fourth-order valence-corrected chi connectivity index (χ4v) is 2.93. The molecule has 0 aliphatic rings. The minimum Gasteiger partial charge on any atom is -0.478 e. The van der Waals surface area contributed by atoms with Crippen molar-refractivity contribution >= 4 is 31.9 Å². The molecule has 7 heteroatoms. The number of carbonyl (C=O) groups is 1. The molecule has 0 fully saturated rings. The van der Waals surface area contributed by atoms with Gasteiger partial charge in [-0.15, -0.1) is 0 Å². The first kappa shape index (κ1) is 13.1. The molecular formula is C9H10BrNO4S. The first-order chi connectivity index (χ1) is 7.29. The second-order valence-electron chi connectivity index (χ2n) is 3.12. The van der Waals surface area contributed by atoms with Gasteiger partial charge < -0.3 is 5.11 Å². The number of hydrogen-bond acceptors (Lipinski definition) is 3. The lowest BCUT2D eigenvalue weighted by molar-refractivity contribution is 0.0696. The average Bonchev–Trinajstić information content (AvgIpc) is 2.21. The van der Waals surface area contributed by atoms with Gasteiger partial charge in [0.1, 0.15) is 0 Å². The minimum absolute atomic E-state index is 0.0606. The van der Waals surface area contributed by atoms with Gasteiger partial charge in [0.15, 0.2) is 0 Å². The van der Waals surface area contributed by atoms with E-state index in [1.54, 1.807) is 6.92 Å². The normalized spacial score (nSPS) is 11.4. The molecule has 2 N–H and O–H groups in total. The van der Waals surface area contributed by atoms with Crippen LogP contribution in [-0.2, 0) is 10.0 Å². The van der Waals surface area contributed by atoms with Gasteiger partial charge in [0.25, 0.3) is 0 Å². The van der Waals surface area contributed by atoms with Gasteiger partial charge in [-0.1, -0.05) is 0 Å². The number of sulfonamides is 1. The topological polar surface area (TPSA) is 83.5 Å². The highest BCUT2D eigenvalue weighted by molar-refractivity contribution is 9.10. The lowest BCUT2D eigenvalue weighted by Gasteiger charge is -2.09. The predicted molar refractivity (Wildman–Crippen MR) is 62.1 cm³/mol. The molecule has 1 aromatic rings. The summed E-state index contributed by atoms with van der Waals surface area (Å²) in [5.74, 6) is -1.16.